The fraction of sp³-hybridized carbons (Fsp3) is 0. The molecule has 8 heteroatoms. The zero-order valence-corrected chi connectivity index (χ0v) is 10.5. The number of rotatable bonds is 2. The average molecular weight is 339 g/mol. The predicted octanol–water partition coefficient (Wildman–Crippen LogP) is 4.28. The molecule has 1 N–H and O–H groups in total. The summed E-state index contributed by atoms with van der Waals surface area (Å²) in [6, 6.07) is 3.52. The molecule has 0 amide bonds. The van der Waals surface area contributed by atoms with Crippen molar-refractivity contribution in [2.75, 3.05) is 5.32 Å². The van der Waals surface area contributed by atoms with Crippen molar-refractivity contribution in [2.24, 2.45) is 0 Å². The maximum absolute atomic E-state index is 13.4. The van der Waals surface area contributed by atoms with Crippen LogP contribution in [0.15, 0.2) is 22.7 Å². The molecule has 0 fully saturated rings. The second-order valence-corrected chi connectivity index (χ2v) is 4.36. The lowest BCUT2D eigenvalue weighted by molar-refractivity contribution is 0.411. The number of benzene rings is 1. The second kappa shape index (κ2) is 5.12. The fourth-order valence-electron chi connectivity index (χ4n) is 1.32. The Morgan fingerprint density at radius 3 is 2.11 bits per heavy atom. The summed E-state index contributed by atoms with van der Waals surface area (Å²) in [6.45, 7) is 0. The van der Waals surface area contributed by atoms with Crippen molar-refractivity contribution in [3.05, 3.63) is 52.0 Å². The van der Waals surface area contributed by atoms with Crippen LogP contribution in [0.2, 0.25) is 0 Å². The largest absolute Gasteiger partial charge is 0.348 e. The smallest absolute Gasteiger partial charge is 0.253 e. The lowest BCUT2D eigenvalue weighted by Crippen LogP contribution is -2.06. The van der Waals surface area contributed by atoms with Gasteiger partial charge in [0.2, 0.25) is 11.6 Å². The Hall–Kier alpha value is -1.70. The van der Waals surface area contributed by atoms with E-state index >= 15 is 0 Å². The third-order valence-corrected chi connectivity index (χ3v) is 2.68. The molecule has 1 aromatic carbocycles. The van der Waals surface area contributed by atoms with Crippen LogP contribution < -0.4 is 5.32 Å². The van der Waals surface area contributed by atoms with E-state index in [1.54, 1.807) is 0 Å². The van der Waals surface area contributed by atoms with Gasteiger partial charge >= 0.3 is 0 Å². The molecule has 0 saturated carbocycles. The van der Waals surface area contributed by atoms with E-state index in [1.807, 2.05) is 5.32 Å². The molecule has 2 rings (SSSR count). The molecule has 0 saturated heterocycles. The molecular formula is C11H4BrF5N2. The molecule has 1 aromatic heterocycles. The summed E-state index contributed by atoms with van der Waals surface area (Å²) in [5.74, 6) is -7.97. The van der Waals surface area contributed by atoms with E-state index in [2.05, 4.69) is 20.9 Å². The monoisotopic (exact) mass is 338 g/mol. The zero-order valence-electron chi connectivity index (χ0n) is 8.95. The first kappa shape index (κ1) is 13.7. The number of halogens is 6. The molecule has 0 radical (unpaired) electrons. The number of anilines is 2. The molecule has 1 heterocycles. The van der Waals surface area contributed by atoms with Crippen molar-refractivity contribution in [1.82, 2.24) is 4.98 Å². The van der Waals surface area contributed by atoms with Crippen LogP contribution >= 0.6 is 15.9 Å². The number of hydrogen-bond acceptors (Lipinski definition) is 2. The molecular weight excluding hydrogens is 335 g/mol. The van der Waals surface area contributed by atoms with Crippen molar-refractivity contribution in [1.29, 1.82) is 0 Å². The van der Waals surface area contributed by atoms with Crippen molar-refractivity contribution < 1.29 is 22.0 Å². The van der Waals surface area contributed by atoms with E-state index < -0.39 is 35.0 Å². The fourth-order valence-corrected chi connectivity index (χ4v) is 1.69. The van der Waals surface area contributed by atoms with Gasteiger partial charge in [0.25, 0.3) is 11.9 Å². The summed E-state index contributed by atoms with van der Waals surface area (Å²) in [7, 11) is 0. The summed E-state index contributed by atoms with van der Waals surface area (Å²) in [4.78, 5) is 2.39. The van der Waals surface area contributed by atoms with Crippen LogP contribution in [0, 0.1) is 29.3 Å². The normalized spacial score (nSPS) is 10.6. The Kier molecular flexibility index (Phi) is 3.70. The Labute approximate surface area is 112 Å². The molecule has 0 spiro atoms. The third-order valence-electron chi connectivity index (χ3n) is 2.19. The highest BCUT2D eigenvalue weighted by Crippen LogP contribution is 2.28. The number of hydrogen-bond donors (Lipinski definition) is 1. The van der Waals surface area contributed by atoms with Gasteiger partial charge in [0, 0.05) is 4.47 Å². The lowest BCUT2D eigenvalue weighted by Gasteiger charge is -2.10. The SMILES string of the molecule is Fc1ccc(Br)cc1Nc1c(F)c(F)nc(F)c1F. The van der Waals surface area contributed by atoms with E-state index in [4.69, 9.17) is 0 Å². The van der Waals surface area contributed by atoms with Crippen LogP contribution in [-0.4, -0.2) is 4.98 Å². The van der Waals surface area contributed by atoms with Gasteiger partial charge in [0.05, 0.1) is 5.69 Å². The minimum Gasteiger partial charge on any atom is -0.348 e. The summed E-state index contributed by atoms with van der Waals surface area (Å²) in [5, 5.41) is 1.96. The Morgan fingerprint density at radius 2 is 1.53 bits per heavy atom. The summed E-state index contributed by atoms with van der Waals surface area (Å²) < 4.78 is 66.2. The molecule has 100 valence electrons. The topological polar surface area (TPSA) is 24.9 Å². The molecule has 0 unspecified atom stereocenters. The summed E-state index contributed by atoms with van der Waals surface area (Å²) >= 11 is 3.02. The Morgan fingerprint density at radius 1 is 0.947 bits per heavy atom. The first-order valence-electron chi connectivity index (χ1n) is 4.82. The lowest BCUT2D eigenvalue weighted by atomic mass is 10.2. The van der Waals surface area contributed by atoms with Gasteiger partial charge in [0.1, 0.15) is 11.5 Å². The minimum atomic E-state index is -1.82. The van der Waals surface area contributed by atoms with Gasteiger partial charge in [0.15, 0.2) is 0 Å². The molecule has 19 heavy (non-hydrogen) atoms. The first-order valence-corrected chi connectivity index (χ1v) is 5.61. The van der Waals surface area contributed by atoms with Crippen molar-refractivity contribution >= 4 is 27.3 Å². The number of aromatic nitrogens is 1. The van der Waals surface area contributed by atoms with Gasteiger partial charge in [-0.1, -0.05) is 15.9 Å². The highest BCUT2D eigenvalue weighted by atomic mass is 79.9. The van der Waals surface area contributed by atoms with Crippen LogP contribution in [0.3, 0.4) is 0 Å². The van der Waals surface area contributed by atoms with Crippen LogP contribution in [-0.2, 0) is 0 Å². The Bertz CT molecular complexity index is 621. The highest BCUT2D eigenvalue weighted by molar-refractivity contribution is 9.10. The molecule has 0 aliphatic rings. The average Bonchev–Trinajstić information content (AvgIpc) is 2.36. The van der Waals surface area contributed by atoms with Crippen LogP contribution in [0.5, 0.6) is 0 Å². The van der Waals surface area contributed by atoms with Crippen LogP contribution in [0.4, 0.5) is 33.3 Å². The highest BCUT2D eigenvalue weighted by Gasteiger charge is 2.21. The quantitative estimate of drug-likeness (QED) is 0.653. The van der Waals surface area contributed by atoms with Crippen molar-refractivity contribution in [3.8, 4) is 0 Å². The van der Waals surface area contributed by atoms with Gasteiger partial charge in [-0.25, -0.2) is 4.39 Å². The number of nitrogens with one attached hydrogen (secondary N) is 1. The van der Waals surface area contributed by atoms with Crippen molar-refractivity contribution in [3.63, 3.8) is 0 Å². The number of nitrogens with zero attached hydrogens (tertiary/aromatic N) is 1. The zero-order chi connectivity index (χ0) is 14.2. The maximum atomic E-state index is 13.4. The van der Waals surface area contributed by atoms with Crippen LogP contribution in [0.1, 0.15) is 0 Å². The van der Waals surface area contributed by atoms with Gasteiger partial charge in [-0.3, -0.25) is 0 Å². The molecule has 0 atom stereocenters. The van der Waals surface area contributed by atoms with Gasteiger partial charge in [-0.05, 0) is 18.2 Å². The van der Waals surface area contributed by atoms with Crippen molar-refractivity contribution in [2.45, 2.75) is 0 Å². The minimum absolute atomic E-state index is 0.350. The molecule has 2 aromatic rings. The Balaban J connectivity index is 2.52. The van der Waals surface area contributed by atoms with E-state index in [9.17, 15) is 22.0 Å². The summed E-state index contributed by atoms with van der Waals surface area (Å²) in [6.07, 6.45) is 0. The molecule has 2 nitrogen and oxygen atoms in total. The molecule has 0 aliphatic carbocycles. The first-order chi connectivity index (χ1) is 8.90. The van der Waals surface area contributed by atoms with Crippen LogP contribution in [0.25, 0.3) is 0 Å². The second-order valence-electron chi connectivity index (χ2n) is 3.45. The van der Waals surface area contributed by atoms with Gasteiger partial charge in [-0.2, -0.15) is 22.5 Å². The van der Waals surface area contributed by atoms with Gasteiger partial charge in [-0.15, -0.1) is 0 Å². The number of pyridine rings is 1. The van der Waals surface area contributed by atoms with E-state index in [-0.39, 0.29) is 5.69 Å². The molecule has 0 aliphatic heterocycles. The van der Waals surface area contributed by atoms with E-state index in [0.29, 0.717) is 4.47 Å². The van der Waals surface area contributed by atoms with E-state index in [0.717, 1.165) is 12.1 Å². The van der Waals surface area contributed by atoms with Gasteiger partial charge < -0.3 is 5.32 Å². The maximum Gasteiger partial charge on any atom is 0.253 e. The molecule has 0 bridgehead atoms. The predicted molar refractivity (Wildman–Crippen MR) is 61.5 cm³/mol. The third kappa shape index (κ3) is 2.67. The summed E-state index contributed by atoms with van der Waals surface area (Å²) in [5.41, 5.74) is -1.50. The van der Waals surface area contributed by atoms with E-state index in [1.165, 1.54) is 6.07 Å². The standard InChI is InChI=1S/C11H4BrF5N2/c12-4-1-2-5(13)6(3-4)18-9-7(14)10(16)19-11(17)8(9)15/h1-3H,(H,18,19).